The van der Waals surface area contributed by atoms with Crippen LogP contribution in [0.15, 0.2) is 449 Å². The van der Waals surface area contributed by atoms with E-state index in [1.807, 2.05) is 0 Å². The molecule has 1 unspecified atom stereocenters. The monoisotopic (exact) mass is 1500 g/mol. The van der Waals surface area contributed by atoms with Gasteiger partial charge in [0, 0.05) is 119 Å². The summed E-state index contributed by atoms with van der Waals surface area (Å²) in [6.45, 7) is 4.68. The Bertz CT molecular complexity index is 7030. The zero-order chi connectivity index (χ0) is 77.9. The first-order valence-electron chi connectivity index (χ1n) is 40.4. The van der Waals surface area contributed by atoms with Gasteiger partial charge in [0.25, 0.3) is 0 Å². The number of nitrogens with zero attached hydrogens (tertiary/aromatic N) is 6. The molecular formula is C111H81N6+. The van der Waals surface area contributed by atoms with Crippen LogP contribution in [0.1, 0.15) is 36.5 Å². The van der Waals surface area contributed by atoms with Crippen LogP contribution in [0.4, 0.5) is 62.6 Å². The summed E-state index contributed by atoms with van der Waals surface area (Å²) in [4.78, 5) is 7.12. The minimum absolute atomic E-state index is 0.0389. The highest BCUT2D eigenvalue weighted by Crippen LogP contribution is 2.52. The molecule has 0 N–H and O–H groups in total. The van der Waals surface area contributed by atoms with Crippen molar-refractivity contribution in [1.29, 1.82) is 0 Å². The topological polar surface area (TPSA) is 22.6 Å². The molecule has 22 rings (SSSR count). The second kappa shape index (κ2) is 29.4. The van der Waals surface area contributed by atoms with Crippen molar-refractivity contribution < 1.29 is 0 Å². The van der Waals surface area contributed by atoms with E-state index in [0.29, 0.717) is 0 Å². The molecule has 0 amide bonds. The predicted octanol–water partition coefficient (Wildman–Crippen LogP) is 29.8. The summed E-state index contributed by atoms with van der Waals surface area (Å²) in [7, 11) is 0. The molecule has 0 fully saturated rings. The Morgan fingerprint density at radius 3 is 1.17 bits per heavy atom. The van der Waals surface area contributed by atoms with E-state index >= 15 is 0 Å². The average molecular weight is 1500 g/mol. The molecule has 0 bridgehead atoms. The Labute approximate surface area is 682 Å². The van der Waals surface area contributed by atoms with Gasteiger partial charge in [-0.2, -0.15) is 4.58 Å². The van der Waals surface area contributed by atoms with E-state index in [4.69, 9.17) is 0 Å². The van der Waals surface area contributed by atoms with Crippen molar-refractivity contribution in [3.05, 3.63) is 466 Å². The van der Waals surface area contributed by atoms with Gasteiger partial charge < -0.3 is 23.8 Å². The number of anilines is 9. The third kappa shape index (κ3) is 12.5. The van der Waals surface area contributed by atoms with Crippen molar-refractivity contribution in [1.82, 2.24) is 13.7 Å². The fourth-order valence-electron chi connectivity index (χ4n) is 18.3. The lowest BCUT2D eigenvalue weighted by molar-refractivity contribution is 0.660. The Hall–Kier alpha value is -15.1. The van der Waals surface area contributed by atoms with E-state index in [1.54, 1.807) is 0 Å². The van der Waals surface area contributed by atoms with Crippen LogP contribution in [0, 0.1) is 0 Å². The number of rotatable bonds is 15. The Morgan fingerprint density at radius 2 is 0.632 bits per heavy atom. The van der Waals surface area contributed by atoms with Crippen molar-refractivity contribution >= 4 is 112 Å². The van der Waals surface area contributed by atoms with Crippen LogP contribution in [0.25, 0.3) is 99.5 Å². The molecule has 19 aromatic rings. The minimum Gasteiger partial charge on any atom is -0.310 e. The zero-order valence-corrected chi connectivity index (χ0v) is 65.0. The van der Waals surface area contributed by atoms with Crippen molar-refractivity contribution in [2.24, 2.45) is 0 Å². The molecule has 117 heavy (non-hydrogen) atoms. The smallest absolute Gasteiger partial charge is 0.215 e. The normalized spacial score (nSPS) is 13.4. The summed E-state index contributed by atoms with van der Waals surface area (Å²) < 4.78 is 7.14. The van der Waals surface area contributed by atoms with Gasteiger partial charge in [-0.25, -0.2) is 0 Å². The summed E-state index contributed by atoms with van der Waals surface area (Å²) in [6.07, 6.45) is 8.89. The minimum atomic E-state index is -0.0389. The van der Waals surface area contributed by atoms with Crippen LogP contribution in [0.2, 0.25) is 0 Å². The summed E-state index contributed by atoms with van der Waals surface area (Å²) in [5.74, 6) is 0.186. The molecule has 2 aliphatic carbocycles. The molecule has 0 spiro atoms. The van der Waals surface area contributed by atoms with E-state index < -0.39 is 0 Å². The number of hydrogen-bond donors (Lipinski definition) is 0. The van der Waals surface area contributed by atoms with Crippen molar-refractivity contribution in [3.63, 3.8) is 0 Å². The third-order valence-electron chi connectivity index (χ3n) is 23.9. The summed E-state index contributed by atoms with van der Waals surface area (Å²) in [5, 5.41) is 4.97. The Kier molecular flexibility index (Phi) is 17.6. The van der Waals surface area contributed by atoms with Crippen LogP contribution in [0.3, 0.4) is 0 Å². The molecule has 0 radical (unpaired) electrons. The zero-order valence-electron chi connectivity index (χ0n) is 65.0. The lowest BCUT2D eigenvalue weighted by Crippen LogP contribution is -2.15. The average Bonchev–Trinajstić information content (AvgIpc) is 1.59. The highest BCUT2D eigenvalue weighted by molar-refractivity contribution is 6.13. The molecule has 1 aliphatic heterocycles. The van der Waals surface area contributed by atoms with E-state index in [0.717, 1.165) is 68.0 Å². The van der Waals surface area contributed by atoms with E-state index in [1.165, 1.54) is 116 Å². The molecule has 1 atom stereocenters. The quantitative estimate of drug-likeness (QED) is 0.0956. The van der Waals surface area contributed by atoms with Crippen LogP contribution in [-0.2, 0) is 5.41 Å². The van der Waals surface area contributed by atoms with E-state index in [9.17, 15) is 0 Å². The molecule has 2 aromatic heterocycles. The number of fused-ring (bicyclic) bond motifs is 12. The van der Waals surface area contributed by atoms with Gasteiger partial charge in [-0.15, -0.1) is 0 Å². The van der Waals surface area contributed by atoms with E-state index in [-0.39, 0.29) is 11.3 Å². The first-order valence-corrected chi connectivity index (χ1v) is 40.4. The first-order chi connectivity index (χ1) is 57.8. The maximum atomic E-state index is 2.40. The fraction of sp³-hybridized carbons (Fsp3) is 0.0360. The highest BCUT2D eigenvalue weighted by atomic mass is 15.2. The predicted molar refractivity (Wildman–Crippen MR) is 493 cm³/mol. The van der Waals surface area contributed by atoms with Gasteiger partial charge in [-0.05, 0) is 219 Å². The first kappa shape index (κ1) is 69.8. The third-order valence-corrected chi connectivity index (χ3v) is 23.9. The van der Waals surface area contributed by atoms with Crippen LogP contribution in [0.5, 0.6) is 0 Å². The van der Waals surface area contributed by atoms with Gasteiger partial charge in [0.1, 0.15) is 0 Å². The molecule has 554 valence electrons. The maximum absolute atomic E-state index is 2.40. The second-order valence-electron chi connectivity index (χ2n) is 31.0. The Balaban J connectivity index is 0.000000148. The number of hydrogen-bond acceptors (Lipinski definition) is 3. The molecule has 0 saturated carbocycles. The molecule has 3 aliphatic rings. The van der Waals surface area contributed by atoms with Gasteiger partial charge in [-0.1, -0.05) is 275 Å². The van der Waals surface area contributed by atoms with Gasteiger partial charge in [0.15, 0.2) is 5.71 Å². The van der Waals surface area contributed by atoms with Gasteiger partial charge in [0.2, 0.25) is 11.4 Å². The largest absolute Gasteiger partial charge is 0.310 e. The number of para-hydroxylation sites is 7. The lowest BCUT2D eigenvalue weighted by Gasteiger charge is -2.27. The van der Waals surface area contributed by atoms with E-state index in [2.05, 4.69) is 491 Å². The summed E-state index contributed by atoms with van der Waals surface area (Å²) in [6, 6.07) is 154. The SMILES string of the molecule is C1=CC2=[N+](c3ccccc3)c3ccc(N(c4ccccc4)c4ccc(-c5ccc(N(c6ccccc6)c6ccc7c(c6)c6ccccc6n7-c6ccccc6)cc5)cc4)cc3C2C=C1.CC1(C)c2ccccc2-c2cc(N(c3ccc(-c4ccccc4)cc3)c3ccc(-c4ccc5c(c4)c4ccccc4n5-c4ccccc4)cc3)ccc21. The summed E-state index contributed by atoms with van der Waals surface area (Å²) in [5.41, 5.74) is 34.7. The molecule has 3 heterocycles. The summed E-state index contributed by atoms with van der Waals surface area (Å²) >= 11 is 0. The number of aromatic nitrogens is 2. The van der Waals surface area contributed by atoms with Crippen LogP contribution >= 0.6 is 0 Å². The molecular weight excluding hydrogens is 1420 g/mol. The Morgan fingerprint density at radius 1 is 0.265 bits per heavy atom. The number of benzene rings is 17. The molecule has 17 aromatic carbocycles. The second-order valence-corrected chi connectivity index (χ2v) is 31.0. The van der Waals surface area contributed by atoms with Gasteiger partial charge in [-0.3, -0.25) is 0 Å². The molecule has 6 nitrogen and oxygen atoms in total. The van der Waals surface area contributed by atoms with Crippen molar-refractivity contribution in [2.45, 2.75) is 25.2 Å². The fourth-order valence-corrected chi connectivity index (χ4v) is 18.3. The molecule has 6 heteroatoms. The van der Waals surface area contributed by atoms with Crippen LogP contribution < -0.4 is 19.3 Å². The lowest BCUT2D eigenvalue weighted by atomic mass is 9.82. The highest BCUT2D eigenvalue weighted by Gasteiger charge is 2.40. The standard InChI is InChI=1S/C60H43N4.C51H38N2/c1-5-17-45(18-6-1)61(51-37-39-59-55(41-51)53-25-13-15-27-57(53)63(59)47-21-9-3-10-22-47)49-33-29-43(30-34-49)44-31-35-50(36-32-44)62(46-19-7-2-8-20-46)52-38-40-60-56(42-52)54-26-14-16-28-58(54)64(60)48-23-11-4-12-24-48;1-51(2)47-19-11-9-17-43(47)45-34-42(30-31-48(45)51)52(40-26-21-36(22-27-40)35-13-5-3-6-14-35)41-28-23-37(24-29-41)38-25-32-50-46(33-38)44-18-10-12-20-49(44)53(50)39-15-7-4-8-16-39/h1-42,53H;3-34H,1-2H3/q+1;. The molecule has 0 saturated heterocycles. The van der Waals surface area contributed by atoms with Crippen LogP contribution in [-0.4, -0.2) is 14.8 Å². The van der Waals surface area contributed by atoms with Crippen molar-refractivity contribution in [3.8, 4) is 55.9 Å². The van der Waals surface area contributed by atoms with Crippen molar-refractivity contribution in [2.75, 3.05) is 14.7 Å². The van der Waals surface area contributed by atoms with Gasteiger partial charge >= 0.3 is 0 Å². The maximum Gasteiger partial charge on any atom is 0.215 e. The number of allylic oxidation sites excluding steroid dienone is 4. The van der Waals surface area contributed by atoms with Gasteiger partial charge in [0.05, 0.1) is 28.0 Å².